The van der Waals surface area contributed by atoms with E-state index in [2.05, 4.69) is 0 Å². The maximum atomic E-state index is 5.90. The Morgan fingerprint density at radius 1 is 1.15 bits per heavy atom. The van der Waals surface area contributed by atoms with E-state index in [1.807, 2.05) is 27.7 Å². The first-order valence-corrected chi connectivity index (χ1v) is 6.90. The first kappa shape index (κ1) is 16.1. The summed E-state index contributed by atoms with van der Waals surface area (Å²) in [5.41, 5.74) is 5.46. The number of nitrogens with two attached hydrogens (primary N) is 1. The second-order valence-corrected chi connectivity index (χ2v) is 6.09. The van der Waals surface area contributed by atoms with Crippen LogP contribution in [0, 0.1) is 0 Å². The Bertz CT molecular complexity index is 333. The molecular weight excluding hydrogens is 266 g/mol. The molecule has 0 bridgehead atoms. The molecule has 20 heavy (non-hydrogen) atoms. The molecule has 2 aliphatic rings. The summed E-state index contributed by atoms with van der Waals surface area (Å²) in [7, 11) is 0. The van der Waals surface area contributed by atoms with Crippen LogP contribution in [0.1, 0.15) is 34.6 Å². The van der Waals surface area contributed by atoms with Crippen molar-refractivity contribution in [2.45, 2.75) is 70.7 Å². The Kier molecular flexibility index (Phi) is 4.70. The van der Waals surface area contributed by atoms with Gasteiger partial charge in [0.2, 0.25) is 0 Å². The minimum Gasteiger partial charge on any atom is -0.348 e. The van der Waals surface area contributed by atoms with Gasteiger partial charge in [0.05, 0.1) is 6.61 Å². The van der Waals surface area contributed by atoms with Gasteiger partial charge < -0.3 is 24.7 Å². The summed E-state index contributed by atoms with van der Waals surface area (Å²) in [6.07, 6.45) is -1.26. The Balaban J connectivity index is 1.94. The summed E-state index contributed by atoms with van der Waals surface area (Å²) in [6, 6.07) is 0. The van der Waals surface area contributed by atoms with Crippen LogP contribution in [0.15, 0.2) is 0 Å². The molecule has 0 aromatic rings. The molecule has 0 amide bonds. The second kappa shape index (κ2) is 5.84. The number of hydrogen-bond donors (Lipinski definition) is 1. The quantitative estimate of drug-likeness (QED) is 0.458. The average molecular weight is 291 g/mol. The zero-order valence-corrected chi connectivity index (χ0v) is 12.8. The molecule has 2 heterocycles. The third-order valence-electron chi connectivity index (χ3n) is 3.07. The molecule has 0 radical (unpaired) electrons. The van der Waals surface area contributed by atoms with Crippen LogP contribution < -0.4 is 5.73 Å². The summed E-state index contributed by atoms with van der Waals surface area (Å²) in [5.74, 6) is -1.29. The third-order valence-corrected chi connectivity index (χ3v) is 3.07. The second-order valence-electron chi connectivity index (χ2n) is 6.09. The first-order chi connectivity index (χ1) is 9.19. The fourth-order valence-electron chi connectivity index (χ4n) is 2.40. The summed E-state index contributed by atoms with van der Waals surface area (Å²) in [6.45, 7) is 9.82. The molecule has 0 aliphatic carbocycles. The van der Waals surface area contributed by atoms with Gasteiger partial charge >= 0.3 is 0 Å². The largest absolute Gasteiger partial charge is 0.348 e. The van der Waals surface area contributed by atoms with Crippen LogP contribution in [-0.4, -0.2) is 49.3 Å². The molecule has 0 spiro atoms. The van der Waals surface area contributed by atoms with Crippen molar-refractivity contribution in [3.63, 3.8) is 0 Å². The van der Waals surface area contributed by atoms with E-state index in [0.29, 0.717) is 6.61 Å². The predicted molar refractivity (Wildman–Crippen MR) is 69.4 cm³/mol. The SMILES string of the molecule is CC(N)OOCC1OC(C)(C)OC1C1COC(C)(C)O1. The molecule has 4 unspecified atom stereocenters. The fraction of sp³-hybridized carbons (Fsp3) is 1.00. The summed E-state index contributed by atoms with van der Waals surface area (Å²) < 4.78 is 23.1. The van der Waals surface area contributed by atoms with Gasteiger partial charge in [0, 0.05) is 0 Å². The van der Waals surface area contributed by atoms with Gasteiger partial charge in [0.25, 0.3) is 0 Å². The van der Waals surface area contributed by atoms with E-state index in [-0.39, 0.29) is 24.9 Å². The van der Waals surface area contributed by atoms with Crippen LogP contribution in [-0.2, 0) is 28.7 Å². The molecular formula is C13H25NO6. The van der Waals surface area contributed by atoms with Crippen molar-refractivity contribution in [1.29, 1.82) is 0 Å². The average Bonchev–Trinajstić information content (AvgIpc) is 2.78. The monoisotopic (exact) mass is 291 g/mol. The van der Waals surface area contributed by atoms with Gasteiger partial charge in [-0.2, -0.15) is 0 Å². The maximum absolute atomic E-state index is 5.90. The standard InChI is InChI=1S/C13H25NO6/c1-8(14)20-16-7-10-11(19-13(4,5)18-10)9-6-15-12(2,3)17-9/h8-11H,6-7,14H2,1-5H3. The van der Waals surface area contributed by atoms with Gasteiger partial charge in [-0.15, -0.1) is 0 Å². The van der Waals surface area contributed by atoms with Crippen molar-refractivity contribution < 1.29 is 28.7 Å². The Hall–Kier alpha value is -0.280. The molecule has 2 rings (SSSR count). The van der Waals surface area contributed by atoms with E-state index < -0.39 is 17.8 Å². The molecule has 118 valence electrons. The predicted octanol–water partition coefficient (Wildman–Crippen LogP) is 0.911. The van der Waals surface area contributed by atoms with Gasteiger partial charge in [-0.3, -0.25) is 0 Å². The van der Waals surface area contributed by atoms with Crippen molar-refractivity contribution in [2.24, 2.45) is 5.73 Å². The van der Waals surface area contributed by atoms with E-state index in [1.54, 1.807) is 6.92 Å². The van der Waals surface area contributed by atoms with Crippen molar-refractivity contribution in [2.75, 3.05) is 13.2 Å². The van der Waals surface area contributed by atoms with E-state index in [0.717, 1.165) is 0 Å². The van der Waals surface area contributed by atoms with Gasteiger partial charge in [0.1, 0.15) is 31.1 Å². The van der Waals surface area contributed by atoms with E-state index in [4.69, 9.17) is 34.5 Å². The summed E-state index contributed by atoms with van der Waals surface area (Å²) in [4.78, 5) is 9.98. The highest BCUT2D eigenvalue weighted by Crippen LogP contribution is 2.35. The minimum atomic E-state index is -0.691. The molecule has 0 aromatic heterocycles. The summed E-state index contributed by atoms with van der Waals surface area (Å²) >= 11 is 0. The number of ether oxygens (including phenoxy) is 4. The summed E-state index contributed by atoms with van der Waals surface area (Å²) in [5, 5.41) is 0. The highest BCUT2D eigenvalue weighted by Gasteiger charge is 2.49. The molecule has 0 aromatic carbocycles. The lowest BCUT2D eigenvalue weighted by Gasteiger charge is -2.23. The number of hydrogen-bond acceptors (Lipinski definition) is 7. The Morgan fingerprint density at radius 3 is 2.40 bits per heavy atom. The lowest BCUT2D eigenvalue weighted by molar-refractivity contribution is -0.331. The third kappa shape index (κ3) is 4.11. The lowest BCUT2D eigenvalue weighted by atomic mass is 10.1. The molecule has 2 fully saturated rings. The molecule has 2 N–H and O–H groups in total. The van der Waals surface area contributed by atoms with Gasteiger partial charge in [0.15, 0.2) is 11.6 Å². The van der Waals surface area contributed by atoms with Crippen LogP contribution in [0.4, 0.5) is 0 Å². The smallest absolute Gasteiger partial charge is 0.164 e. The van der Waals surface area contributed by atoms with Crippen molar-refractivity contribution in [1.82, 2.24) is 0 Å². The van der Waals surface area contributed by atoms with Gasteiger partial charge in [-0.05, 0) is 34.6 Å². The van der Waals surface area contributed by atoms with Gasteiger partial charge in [-0.1, -0.05) is 0 Å². The van der Waals surface area contributed by atoms with Crippen molar-refractivity contribution in [3.8, 4) is 0 Å². The van der Waals surface area contributed by atoms with Crippen molar-refractivity contribution >= 4 is 0 Å². The lowest BCUT2D eigenvalue weighted by Crippen LogP contribution is -2.40. The molecule has 7 nitrogen and oxygen atoms in total. The first-order valence-electron chi connectivity index (χ1n) is 6.90. The molecule has 0 saturated carbocycles. The van der Waals surface area contributed by atoms with Crippen LogP contribution in [0.25, 0.3) is 0 Å². The molecule has 2 saturated heterocycles. The van der Waals surface area contributed by atoms with E-state index in [9.17, 15) is 0 Å². The van der Waals surface area contributed by atoms with Crippen molar-refractivity contribution in [3.05, 3.63) is 0 Å². The maximum Gasteiger partial charge on any atom is 0.164 e. The highest BCUT2D eigenvalue weighted by molar-refractivity contribution is 4.90. The Labute approximate surface area is 119 Å². The van der Waals surface area contributed by atoms with Crippen LogP contribution in [0.5, 0.6) is 0 Å². The van der Waals surface area contributed by atoms with Crippen LogP contribution >= 0.6 is 0 Å². The zero-order valence-electron chi connectivity index (χ0n) is 12.8. The minimum absolute atomic E-state index is 0.198. The van der Waals surface area contributed by atoms with Crippen LogP contribution in [0.3, 0.4) is 0 Å². The Morgan fingerprint density at radius 2 is 1.85 bits per heavy atom. The highest BCUT2D eigenvalue weighted by atomic mass is 17.2. The number of rotatable bonds is 5. The topological polar surface area (TPSA) is 81.4 Å². The van der Waals surface area contributed by atoms with E-state index >= 15 is 0 Å². The molecule has 4 atom stereocenters. The molecule has 2 aliphatic heterocycles. The van der Waals surface area contributed by atoms with Crippen LogP contribution in [0.2, 0.25) is 0 Å². The zero-order chi connectivity index (χ0) is 15.0. The van der Waals surface area contributed by atoms with Gasteiger partial charge in [-0.25, -0.2) is 9.78 Å². The normalized spacial score (nSPS) is 37.2. The van der Waals surface area contributed by atoms with E-state index in [1.165, 1.54) is 0 Å². The molecule has 7 heteroatoms. The fourth-order valence-corrected chi connectivity index (χ4v) is 2.40.